The van der Waals surface area contributed by atoms with E-state index >= 15 is 0 Å². The van der Waals surface area contributed by atoms with Gasteiger partial charge in [0.2, 0.25) is 0 Å². The Morgan fingerprint density at radius 3 is 2.50 bits per heavy atom. The van der Waals surface area contributed by atoms with Crippen LogP contribution in [0.15, 0.2) is 18.2 Å². The van der Waals surface area contributed by atoms with E-state index in [9.17, 15) is 4.39 Å². The van der Waals surface area contributed by atoms with Crippen LogP contribution in [0.25, 0.3) is 0 Å². The second-order valence-electron chi connectivity index (χ2n) is 3.17. The van der Waals surface area contributed by atoms with Crippen LogP contribution in [-0.2, 0) is 6.61 Å². The molecule has 0 aliphatic rings. The molecule has 66 valence electrons. The average molecular weight is 168 g/mol. The van der Waals surface area contributed by atoms with Crippen molar-refractivity contribution in [2.24, 2.45) is 0 Å². The summed E-state index contributed by atoms with van der Waals surface area (Å²) < 4.78 is 13.2. The maximum Gasteiger partial charge on any atom is 0.127 e. The van der Waals surface area contributed by atoms with Crippen LogP contribution in [-0.4, -0.2) is 5.11 Å². The Kier molecular flexibility index (Phi) is 2.82. The predicted molar refractivity (Wildman–Crippen MR) is 46.4 cm³/mol. The van der Waals surface area contributed by atoms with E-state index in [0.29, 0.717) is 11.1 Å². The molecule has 0 saturated heterocycles. The minimum absolute atomic E-state index is 0.102. The molecule has 0 spiro atoms. The van der Waals surface area contributed by atoms with Crippen LogP contribution in [0.3, 0.4) is 0 Å². The van der Waals surface area contributed by atoms with Gasteiger partial charge in [-0.25, -0.2) is 4.39 Å². The van der Waals surface area contributed by atoms with Crippen LogP contribution in [0.4, 0.5) is 4.39 Å². The van der Waals surface area contributed by atoms with Gasteiger partial charge in [-0.15, -0.1) is 0 Å². The maximum absolute atomic E-state index is 13.2. The van der Waals surface area contributed by atoms with E-state index in [1.54, 1.807) is 12.1 Å². The first kappa shape index (κ1) is 9.20. The Hall–Kier alpha value is -0.890. The lowest BCUT2D eigenvalue weighted by atomic mass is 10.0. The molecule has 0 bridgehead atoms. The first-order valence-corrected chi connectivity index (χ1v) is 4.04. The topological polar surface area (TPSA) is 20.2 Å². The summed E-state index contributed by atoms with van der Waals surface area (Å²) in [5, 5.41) is 8.72. The highest BCUT2D eigenvalue weighted by Gasteiger charge is 2.06. The van der Waals surface area contributed by atoms with Gasteiger partial charge in [-0.05, 0) is 23.1 Å². The van der Waals surface area contributed by atoms with Gasteiger partial charge in [0.1, 0.15) is 5.82 Å². The highest BCUT2D eigenvalue weighted by atomic mass is 19.1. The van der Waals surface area contributed by atoms with Crippen LogP contribution in [0.1, 0.15) is 30.9 Å². The van der Waals surface area contributed by atoms with Crippen molar-refractivity contribution in [1.82, 2.24) is 0 Å². The van der Waals surface area contributed by atoms with Crippen molar-refractivity contribution < 1.29 is 9.50 Å². The summed E-state index contributed by atoms with van der Waals surface area (Å²) in [6.45, 7) is 3.78. The lowest BCUT2D eigenvalue weighted by molar-refractivity contribution is 0.281. The second-order valence-corrected chi connectivity index (χ2v) is 3.17. The lowest BCUT2D eigenvalue weighted by Gasteiger charge is -2.07. The monoisotopic (exact) mass is 168 g/mol. The van der Waals surface area contributed by atoms with Crippen molar-refractivity contribution in [3.63, 3.8) is 0 Å². The first-order chi connectivity index (χ1) is 5.65. The number of hydrogen-bond acceptors (Lipinski definition) is 1. The highest BCUT2D eigenvalue weighted by Crippen LogP contribution is 2.19. The third-order valence-electron chi connectivity index (χ3n) is 1.87. The normalized spacial score (nSPS) is 10.8. The molecule has 0 atom stereocenters. The summed E-state index contributed by atoms with van der Waals surface area (Å²) in [5.74, 6) is -0.0331. The van der Waals surface area contributed by atoms with Crippen LogP contribution in [0.2, 0.25) is 0 Å². The van der Waals surface area contributed by atoms with Gasteiger partial charge in [-0.2, -0.15) is 0 Å². The number of hydrogen-bond donors (Lipinski definition) is 1. The molecule has 0 aliphatic heterocycles. The average Bonchev–Trinajstić information content (AvgIpc) is 2.03. The Balaban J connectivity index is 3.03. The zero-order valence-electron chi connectivity index (χ0n) is 7.34. The second kappa shape index (κ2) is 3.68. The Morgan fingerprint density at radius 2 is 2.08 bits per heavy atom. The maximum atomic E-state index is 13.2. The number of halogens is 1. The van der Waals surface area contributed by atoms with E-state index in [4.69, 9.17) is 5.11 Å². The summed E-state index contributed by atoms with van der Waals surface area (Å²) in [5.41, 5.74) is 1.32. The van der Waals surface area contributed by atoms with Gasteiger partial charge in [0.05, 0.1) is 6.61 Å². The van der Waals surface area contributed by atoms with Gasteiger partial charge in [0.25, 0.3) is 0 Å². The summed E-state index contributed by atoms with van der Waals surface area (Å²) in [6.07, 6.45) is 0. The van der Waals surface area contributed by atoms with Crippen molar-refractivity contribution >= 4 is 0 Å². The highest BCUT2D eigenvalue weighted by molar-refractivity contribution is 5.26. The quantitative estimate of drug-likeness (QED) is 0.719. The molecule has 12 heavy (non-hydrogen) atoms. The van der Waals surface area contributed by atoms with Gasteiger partial charge in [-0.1, -0.05) is 26.0 Å². The molecule has 0 amide bonds. The molecule has 0 aromatic heterocycles. The summed E-state index contributed by atoms with van der Waals surface area (Å²) >= 11 is 0. The SMILES string of the molecule is CC(C)c1ccc(CO)cc1F. The minimum Gasteiger partial charge on any atom is -0.392 e. The molecule has 0 aliphatic carbocycles. The van der Waals surface area contributed by atoms with Gasteiger partial charge in [0.15, 0.2) is 0 Å². The van der Waals surface area contributed by atoms with Gasteiger partial charge < -0.3 is 5.11 Å². The molecule has 1 nitrogen and oxygen atoms in total. The standard InChI is InChI=1S/C10H13FO/c1-7(2)9-4-3-8(6-12)5-10(9)11/h3-5,7,12H,6H2,1-2H3. The van der Waals surface area contributed by atoms with Crippen molar-refractivity contribution in [3.8, 4) is 0 Å². The molecule has 0 saturated carbocycles. The number of rotatable bonds is 2. The van der Waals surface area contributed by atoms with Gasteiger partial charge in [-0.3, -0.25) is 0 Å². The Morgan fingerprint density at radius 1 is 1.42 bits per heavy atom. The van der Waals surface area contributed by atoms with Crippen LogP contribution >= 0.6 is 0 Å². The Labute approximate surface area is 71.9 Å². The van der Waals surface area contributed by atoms with E-state index in [1.807, 2.05) is 13.8 Å². The van der Waals surface area contributed by atoms with Crippen molar-refractivity contribution in [1.29, 1.82) is 0 Å². The minimum atomic E-state index is -0.225. The predicted octanol–water partition coefficient (Wildman–Crippen LogP) is 2.44. The summed E-state index contributed by atoms with van der Waals surface area (Å²) in [7, 11) is 0. The molecular formula is C10H13FO. The third-order valence-corrected chi connectivity index (χ3v) is 1.87. The first-order valence-electron chi connectivity index (χ1n) is 4.04. The van der Waals surface area contributed by atoms with Crippen LogP contribution in [0, 0.1) is 5.82 Å². The molecule has 2 heteroatoms. The fraction of sp³-hybridized carbons (Fsp3) is 0.400. The van der Waals surface area contributed by atoms with Gasteiger partial charge >= 0.3 is 0 Å². The third kappa shape index (κ3) is 1.83. The van der Waals surface area contributed by atoms with E-state index in [2.05, 4.69) is 0 Å². The summed E-state index contributed by atoms with van der Waals surface area (Å²) in [6, 6.07) is 4.86. The van der Waals surface area contributed by atoms with E-state index in [1.165, 1.54) is 6.07 Å². The van der Waals surface area contributed by atoms with Crippen molar-refractivity contribution in [2.75, 3.05) is 0 Å². The molecule has 0 radical (unpaired) electrons. The largest absolute Gasteiger partial charge is 0.392 e. The van der Waals surface area contributed by atoms with Crippen molar-refractivity contribution in [3.05, 3.63) is 35.1 Å². The number of benzene rings is 1. The van der Waals surface area contributed by atoms with Gasteiger partial charge in [0, 0.05) is 0 Å². The van der Waals surface area contributed by atoms with Crippen LogP contribution < -0.4 is 0 Å². The van der Waals surface area contributed by atoms with E-state index < -0.39 is 0 Å². The molecule has 0 fully saturated rings. The lowest BCUT2D eigenvalue weighted by Crippen LogP contribution is -1.94. The number of aliphatic hydroxyl groups excluding tert-OH is 1. The molecule has 0 heterocycles. The molecule has 1 rings (SSSR count). The summed E-state index contributed by atoms with van der Waals surface area (Å²) in [4.78, 5) is 0. The van der Waals surface area contributed by atoms with E-state index in [0.717, 1.165) is 0 Å². The Bertz CT molecular complexity index is 269. The fourth-order valence-corrected chi connectivity index (χ4v) is 1.14. The number of aliphatic hydroxyl groups is 1. The molecule has 1 N–H and O–H groups in total. The molecular weight excluding hydrogens is 155 g/mol. The van der Waals surface area contributed by atoms with Crippen molar-refractivity contribution in [2.45, 2.75) is 26.4 Å². The van der Waals surface area contributed by atoms with E-state index in [-0.39, 0.29) is 18.3 Å². The van der Waals surface area contributed by atoms with Crippen LogP contribution in [0.5, 0.6) is 0 Å². The smallest absolute Gasteiger partial charge is 0.127 e. The zero-order chi connectivity index (χ0) is 9.14. The zero-order valence-corrected chi connectivity index (χ0v) is 7.34. The fourth-order valence-electron chi connectivity index (χ4n) is 1.14. The molecule has 1 aromatic rings. The molecule has 0 unspecified atom stereocenters. The molecule has 1 aromatic carbocycles.